The Bertz CT molecular complexity index is 1140. The van der Waals surface area contributed by atoms with E-state index in [1.165, 1.54) is 11.0 Å². The number of carbonyl (C=O) groups excluding carboxylic acids is 1. The summed E-state index contributed by atoms with van der Waals surface area (Å²) in [6, 6.07) is 2.23. The summed E-state index contributed by atoms with van der Waals surface area (Å²) in [6.07, 6.45) is 8.14. The zero-order valence-electron chi connectivity index (χ0n) is 17.4. The van der Waals surface area contributed by atoms with Gasteiger partial charge in [0.15, 0.2) is 11.6 Å². The topological polar surface area (TPSA) is 51.5 Å². The van der Waals surface area contributed by atoms with E-state index in [1.54, 1.807) is 16.8 Å². The molecule has 1 aliphatic heterocycles. The maximum absolute atomic E-state index is 14.7. The zero-order valence-corrected chi connectivity index (χ0v) is 17.4. The molecule has 0 saturated carbocycles. The number of morpholine rings is 1. The van der Waals surface area contributed by atoms with Crippen LogP contribution in [0.1, 0.15) is 34.8 Å². The fourth-order valence-corrected chi connectivity index (χ4v) is 4.13. The lowest BCUT2D eigenvalue weighted by molar-refractivity contribution is 0.00330. The lowest BCUT2D eigenvalue weighted by Gasteiger charge is -2.33. The highest BCUT2D eigenvalue weighted by Crippen LogP contribution is 2.32. The molecule has 1 amide bonds. The van der Waals surface area contributed by atoms with E-state index in [0.29, 0.717) is 61.4 Å². The molecule has 0 spiro atoms. The van der Waals surface area contributed by atoms with Gasteiger partial charge in [0, 0.05) is 30.4 Å². The average Bonchev–Trinajstić information content (AvgIpc) is 3.25. The van der Waals surface area contributed by atoms with E-state index in [9.17, 15) is 18.4 Å². The van der Waals surface area contributed by atoms with Gasteiger partial charge in [-0.2, -0.15) is 0 Å². The van der Waals surface area contributed by atoms with Gasteiger partial charge in [0.2, 0.25) is 0 Å². The van der Waals surface area contributed by atoms with Crippen LogP contribution in [0.3, 0.4) is 0 Å². The van der Waals surface area contributed by atoms with Crippen LogP contribution >= 0.6 is 0 Å². The van der Waals surface area contributed by atoms with Crippen molar-refractivity contribution in [2.75, 3.05) is 19.8 Å². The van der Waals surface area contributed by atoms with Crippen LogP contribution in [-0.4, -0.2) is 41.2 Å². The normalized spacial score (nSPS) is 17.6. The molecule has 31 heavy (non-hydrogen) atoms. The van der Waals surface area contributed by atoms with Gasteiger partial charge < -0.3 is 14.2 Å². The molecule has 1 aromatic carbocycles. The van der Waals surface area contributed by atoms with Crippen molar-refractivity contribution in [3.8, 4) is 11.1 Å². The smallest absolute Gasteiger partial charge is 0.257 e. The zero-order chi connectivity index (χ0) is 22.1. The fourth-order valence-electron chi connectivity index (χ4n) is 4.13. The summed E-state index contributed by atoms with van der Waals surface area (Å²) >= 11 is 0. The Labute approximate surface area is 179 Å². The first-order valence-corrected chi connectivity index (χ1v) is 10.3. The Morgan fingerprint density at radius 3 is 2.90 bits per heavy atom. The predicted molar refractivity (Wildman–Crippen MR) is 115 cm³/mol. The number of ether oxygens (including phenoxy) is 1. The number of nitrogens with zero attached hydrogens (tertiary/aromatic N) is 2. The van der Waals surface area contributed by atoms with Crippen molar-refractivity contribution in [1.29, 1.82) is 0 Å². The van der Waals surface area contributed by atoms with Gasteiger partial charge in [-0.1, -0.05) is 18.2 Å². The quantitative estimate of drug-likeness (QED) is 0.684. The molecule has 1 aromatic heterocycles. The maximum atomic E-state index is 14.7. The molecule has 1 unspecified atom stereocenters. The first-order chi connectivity index (χ1) is 14.9. The van der Waals surface area contributed by atoms with Crippen molar-refractivity contribution in [2.45, 2.75) is 32.4 Å². The lowest BCUT2D eigenvalue weighted by Crippen LogP contribution is -2.47. The largest absolute Gasteiger partial charge is 0.377 e. The number of allylic oxidation sites excluding steroid dienone is 2. The van der Waals surface area contributed by atoms with E-state index in [1.807, 2.05) is 19.1 Å². The number of halogens is 2. The number of hydrogen-bond acceptors (Lipinski definition) is 3. The minimum Gasteiger partial charge on any atom is -0.377 e. The Morgan fingerprint density at radius 2 is 2.16 bits per heavy atom. The molecule has 1 atom stereocenters. The monoisotopic (exact) mass is 426 g/mol. The van der Waals surface area contributed by atoms with Crippen LogP contribution in [0.25, 0.3) is 17.2 Å². The molecule has 1 fully saturated rings. The summed E-state index contributed by atoms with van der Waals surface area (Å²) in [7, 11) is 0. The van der Waals surface area contributed by atoms with Gasteiger partial charge in [-0.3, -0.25) is 9.59 Å². The molecule has 162 valence electrons. The number of hydrogen-bond donors (Lipinski definition) is 0. The Hall–Kier alpha value is -3.06. The predicted octanol–water partition coefficient (Wildman–Crippen LogP) is 3.80. The van der Waals surface area contributed by atoms with Gasteiger partial charge in [-0.15, -0.1) is 6.58 Å². The van der Waals surface area contributed by atoms with E-state index in [-0.39, 0.29) is 17.2 Å². The van der Waals surface area contributed by atoms with E-state index in [0.717, 1.165) is 6.07 Å². The second-order valence-electron chi connectivity index (χ2n) is 7.86. The molecular formula is C24H24F2N2O3. The number of aromatic nitrogens is 1. The molecule has 2 aromatic rings. The van der Waals surface area contributed by atoms with Crippen molar-refractivity contribution in [1.82, 2.24) is 9.47 Å². The highest BCUT2D eigenvalue weighted by atomic mass is 19.2. The van der Waals surface area contributed by atoms with Crippen molar-refractivity contribution < 1.29 is 18.3 Å². The highest BCUT2D eigenvalue weighted by molar-refractivity contribution is 5.96. The van der Waals surface area contributed by atoms with Crippen LogP contribution in [-0.2, 0) is 17.7 Å². The summed E-state index contributed by atoms with van der Waals surface area (Å²) in [5.41, 5.74) is 1.83. The third-order valence-electron chi connectivity index (χ3n) is 5.80. The van der Waals surface area contributed by atoms with Crippen LogP contribution in [0.2, 0.25) is 0 Å². The number of pyridine rings is 1. The third-order valence-corrected chi connectivity index (χ3v) is 5.80. The Kier molecular flexibility index (Phi) is 5.87. The summed E-state index contributed by atoms with van der Waals surface area (Å²) in [5, 5.41) is 0. The number of fused-ring (bicyclic) bond motifs is 1. The molecule has 7 heteroatoms. The standard InChI is InChI=1S/C24H24F2N2O3/c1-3-4-8-27-13-20(17-6-5-7-18(17)23(27)29)16-11-19(22(26)21(25)12-16)24(30)28-9-10-31-14-15(28)2/h3,5-6,11-13,15H,1,4,7-10,14H2,2H3. The fraction of sp³-hybridized carbons (Fsp3) is 0.333. The number of carbonyl (C=O) groups is 1. The van der Waals surface area contributed by atoms with Gasteiger partial charge in [-0.25, -0.2) is 8.78 Å². The molecule has 0 N–H and O–H groups in total. The van der Waals surface area contributed by atoms with Crippen LogP contribution in [0, 0.1) is 11.6 Å². The first kappa shape index (κ1) is 21.2. The van der Waals surface area contributed by atoms with Crippen molar-refractivity contribution in [3.63, 3.8) is 0 Å². The van der Waals surface area contributed by atoms with Crippen molar-refractivity contribution in [2.24, 2.45) is 0 Å². The van der Waals surface area contributed by atoms with E-state index in [2.05, 4.69) is 6.58 Å². The van der Waals surface area contributed by atoms with Crippen LogP contribution in [0.5, 0.6) is 0 Å². The van der Waals surface area contributed by atoms with Gasteiger partial charge in [0.1, 0.15) is 0 Å². The van der Waals surface area contributed by atoms with Crippen molar-refractivity contribution in [3.05, 3.63) is 75.7 Å². The van der Waals surface area contributed by atoms with E-state index in [4.69, 9.17) is 4.74 Å². The SMILES string of the molecule is C=CCCn1cc(-c2cc(F)c(F)c(C(=O)N3CCOCC3C)c2)c2c(c1=O)CC=C2. The first-order valence-electron chi connectivity index (χ1n) is 10.3. The Balaban J connectivity index is 1.83. The number of benzene rings is 1. The van der Waals surface area contributed by atoms with Crippen LogP contribution < -0.4 is 5.56 Å². The maximum Gasteiger partial charge on any atom is 0.257 e. The summed E-state index contributed by atoms with van der Waals surface area (Å²) < 4.78 is 36.2. The minimum absolute atomic E-state index is 0.105. The number of aryl methyl sites for hydroxylation is 1. The van der Waals surface area contributed by atoms with Crippen molar-refractivity contribution >= 4 is 12.0 Å². The molecule has 2 heterocycles. The van der Waals surface area contributed by atoms with Crippen LogP contribution in [0.4, 0.5) is 8.78 Å². The molecule has 2 aliphatic rings. The average molecular weight is 426 g/mol. The van der Waals surface area contributed by atoms with E-state index < -0.39 is 17.5 Å². The highest BCUT2D eigenvalue weighted by Gasteiger charge is 2.29. The summed E-state index contributed by atoms with van der Waals surface area (Å²) in [4.78, 5) is 27.3. The second-order valence-corrected chi connectivity index (χ2v) is 7.86. The molecule has 0 bridgehead atoms. The summed E-state index contributed by atoms with van der Waals surface area (Å²) in [5.74, 6) is -2.83. The molecule has 1 saturated heterocycles. The van der Waals surface area contributed by atoms with Gasteiger partial charge in [-0.05, 0) is 43.0 Å². The van der Waals surface area contributed by atoms with Gasteiger partial charge in [0.25, 0.3) is 11.5 Å². The van der Waals surface area contributed by atoms with E-state index >= 15 is 0 Å². The Morgan fingerprint density at radius 1 is 1.35 bits per heavy atom. The minimum atomic E-state index is -1.17. The molecule has 0 radical (unpaired) electrons. The van der Waals surface area contributed by atoms with Crippen LogP contribution in [0.15, 0.2) is 41.9 Å². The summed E-state index contributed by atoms with van der Waals surface area (Å²) in [6.45, 7) is 6.95. The molecule has 5 nitrogen and oxygen atoms in total. The third kappa shape index (κ3) is 3.85. The number of amides is 1. The van der Waals surface area contributed by atoms with Gasteiger partial charge >= 0.3 is 0 Å². The second kappa shape index (κ2) is 8.59. The number of rotatable bonds is 5. The molecule has 1 aliphatic carbocycles. The molecule has 4 rings (SSSR count). The lowest BCUT2D eigenvalue weighted by atomic mass is 9.96. The van der Waals surface area contributed by atoms with Gasteiger partial charge in [0.05, 0.1) is 24.8 Å². The molecular weight excluding hydrogens is 402 g/mol.